The maximum atomic E-state index is 12.3. The summed E-state index contributed by atoms with van der Waals surface area (Å²) in [5, 5.41) is 5.18. The number of rotatable bonds is 5. The zero-order valence-electron chi connectivity index (χ0n) is 13.4. The van der Waals surface area contributed by atoms with Crippen LogP contribution in [0.5, 0.6) is 0 Å². The van der Waals surface area contributed by atoms with Gasteiger partial charge < -0.3 is 14.8 Å². The fourth-order valence-electron chi connectivity index (χ4n) is 2.79. The van der Waals surface area contributed by atoms with Crippen molar-refractivity contribution in [3.63, 3.8) is 0 Å². The van der Waals surface area contributed by atoms with Crippen molar-refractivity contribution in [3.8, 4) is 0 Å². The predicted molar refractivity (Wildman–Crippen MR) is 91.4 cm³/mol. The summed E-state index contributed by atoms with van der Waals surface area (Å²) in [5.74, 6) is 0. The van der Waals surface area contributed by atoms with Crippen LogP contribution >= 0.6 is 11.3 Å². The van der Waals surface area contributed by atoms with E-state index in [0.717, 1.165) is 39.3 Å². The van der Waals surface area contributed by atoms with Gasteiger partial charge in [-0.1, -0.05) is 6.07 Å². The number of thiophene rings is 1. The van der Waals surface area contributed by atoms with Crippen LogP contribution in [0.4, 0.5) is 4.79 Å². The first-order chi connectivity index (χ1) is 11.2. The maximum absolute atomic E-state index is 12.3. The molecule has 0 aromatic carbocycles. The highest BCUT2D eigenvalue weighted by Gasteiger charge is 2.22. The molecule has 3 rings (SSSR count). The number of carbonyl (C=O) groups excluding carboxylic acids is 1. The number of aromatic nitrogens is 2. The molecule has 1 fully saturated rings. The van der Waals surface area contributed by atoms with Gasteiger partial charge in [-0.05, 0) is 18.4 Å². The number of amides is 2. The van der Waals surface area contributed by atoms with Crippen LogP contribution in [-0.4, -0.2) is 57.6 Å². The highest BCUT2D eigenvalue weighted by atomic mass is 32.1. The lowest BCUT2D eigenvalue weighted by Gasteiger charge is -2.35. The third kappa shape index (κ3) is 4.56. The number of hydrogen-bond acceptors (Lipinski definition) is 4. The van der Waals surface area contributed by atoms with E-state index in [1.54, 1.807) is 23.9 Å². The van der Waals surface area contributed by atoms with Crippen LogP contribution in [0.1, 0.15) is 11.8 Å². The molecule has 1 unspecified atom stereocenters. The summed E-state index contributed by atoms with van der Waals surface area (Å²) in [6.07, 6.45) is 5.43. The molecule has 0 saturated carbocycles. The van der Waals surface area contributed by atoms with Crippen molar-refractivity contribution in [1.29, 1.82) is 0 Å². The Balaban J connectivity index is 1.41. The monoisotopic (exact) mass is 333 g/mol. The molecule has 3 heterocycles. The summed E-state index contributed by atoms with van der Waals surface area (Å²) in [6, 6.07) is 4.38. The van der Waals surface area contributed by atoms with Gasteiger partial charge in [0.15, 0.2) is 0 Å². The molecule has 1 atom stereocenters. The number of hydrogen-bond donors (Lipinski definition) is 1. The van der Waals surface area contributed by atoms with Crippen molar-refractivity contribution in [3.05, 3.63) is 41.1 Å². The first kappa shape index (κ1) is 16.0. The number of imidazole rings is 1. The Morgan fingerprint density at radius 3 is 2.87 bits per heavy atom. The molecule has 0 radical (unpaired) electrons. The Morgan fingerprint density at radius 2 is 2.22 bits per heavy atom. The Hall–Kier alpha value is -1.86. The topological polar surface area (TPSA) is 53.4 Å². The number of urea groups is 1. The Bertz CT molecular complexity index is 590. The number of carbonyl (C=O) groups is 1. The molecule has 124 valence electrons. The first-order valence-electron chi connectivity index (χ1n) is 7.96. The molecule has 23 heavy (non-hydrogen) atoms. The van der Waals surface area contributed by atoms with Gasteiger partial charge in [-0.3, -0.25) is 4.90 Å². The quantitative estimate of drug-likeness (QED) is 0.909. The second kappa shape index (κ2) is 7.61. The molecule has 1 aliphatic heterocycles. The van der Waals surface area contributed by atoms with E-state index >= 15 is 0 Å². The highest BCUT2D eigenvalue weighted by molar-refractivity contribution is 7.09. The lowest BCUT2D eigenvalue weighted by Crippen LogP contribution is -2.53. The lowest BCUT2D eigenvalue weighted by atomic mass is 10.3. The first-order valence-corrected chi connectivity index (χ1v) is 8.84. The van der Waals surface area contributed by atoms with Gasteiger partial charge in [0, 0.05) is 62.6 Å². The average Bonchev–Trinajstić information content (AvgIpc) is 3.21. The second-order valence-electron chi connectivity index (χ2n) is 5.95. The van der Waals surface area contributed by atoms with Crippen LogP contribution in [0.2, 0.25) is 0 Å². The van der Waals surface area contributed by atoms with Gasteiger partial charge in [-0.2, -0.15) is 0 Å². The van der Waals surface area contributed by atoms with E-state index in [0.29, 0.717) is 0 Å². The minimum Gasteiger partial charge on any atom is -0.335 e. The number of nitrogens with zero attached hydrogens (tertiary/aromatic N) is 4. The highest BCUT2D eigenvalue weighted by Crippen LogP contribution is 2.13. The van der Waals surface area contributed by atoms with E-state index in [1.807, 2.05) is 22.6 Å². The summed E-state index contributed by atoms with van der Waals surface area (Å²) < 4.78 is 1.98. The van der Waals surface area contributed by atoms with E-state index < -0.39 is 0 Å². The van der Waals surface area contributed by atoms with E-state index in [1.165, 1.54) is 4.88 Å². The molecule has 2 aromatic heterocycles. The Labute approximate surface area is 140 Å². The van der Waals surface area contributed by atoms with Crippen molar-refractivity contribution in [2.45, 2.75) is 26.1 Å². The van der Waals surface area contributed by atoms with Crippen molar-refractivity contribution in [2.75, 3.05) is 26.2 Å². The van der Waals surface area contributed by atoms with Gasteiger partial charge in [0.2, 0.25) is 0 Å². The van der Waals surface area contributed by atoms with Gasteiger partial charge >= 0.3 is 6.03 Å². The molecular weight excluding hydrogens is 310 g/mol. The van der Waals surface area contributed by atoms with Gasteiger partial charge in [-0.25, -0.2) is 9.78 Å². The summed E-state index contributed by atoms with van der Waals surface area (Å²) in [6.45, 7) is 7.19. The molecule has 0 spiro atoms. The lowest BCUT2D eigenvalue weighted by molar-refractivity contribution is 0.134. The maximum Gasteiger partial charge on any atom is 0.317 e. The standard InChI is InChI=1S/C16H23N5OS/c1-14(11-20-5-4-17-13-20)18-16(22)21-8-6-19(7-9-21)12-15-3-2-10-23-15/h2-5,10,13-14H,6-9,11-12H2,1H3,(H,18,22). The van der Waals surface area contributed by atoms with Crippen LogP contribution in [-0.2, 0) is 13.1 Å². The smallest absolute Gasteiger partial charge is 0.317 e. The number of nitrogens with one attached hydrogen (secondary N) is 1. The van der Waals surface area contributed by atoms with Crippen molar-refractivity contribution >= 4 is 17.4 Å². The second-order valence-corrected chi connectivity index (χ2v) is 6.98. The van der Waals surface area contributed by atoms with E-state index in [9.17, 15) is 4.79 Å². The molecule has 1 aliphatic rings. The van der Waals surface area contributed by atoms with Crippen LogP contribution in [0.15, 0.2) is 36.2 Å². The zero-order valence-corrected chi connectivity index (χ0v) is 14.2. The van der Waals surface area contributed by atoms with Gasteiger partial charge in [0.25, 0.3) is 0 Å². The van der Waals surface area contributed by atoms with Crippen molar-refractivity contribution in [1.82, 2.24) is 24.7 Å². The summed E-state index contributed by atoms with van der Waals surface area (Å²) in [4.78, 5) is 22.1. The van der Waals surface area contributed by atoms with Crippen molar-refractivity contribution < 1.29 is 4.79 Å². The van der Waals surface area contributed by atoms with Crippen LogP contribution in [0, 0.1) is 0 Å². The van der Waals surface area contributed by atoms with Crippen molar-refractivity contribution in [2.24, 2.45) is 0 Å². The van der Waals surface area contributed by atoms with Crippen LogP contribution in [0.3, 0.4) is 0 Å². The third-order valence-corrected chi connectivity index (χ3v) is 4.89. The third-order valence-electron chi connectivity index (χ3n) is 4.03. The van der Waals surface area contributed by atoms with E-state index in [-0.39, 0.29) is 12.1 Å². The molecule has 2 amide bonds. The average molecular weight is 333 g/mol. The summed E-state index contributed by atoms with van der Waals surface area (Å²) in [7, 11) is 0. The van der Waals surface area contributed by atoms with Gasteiger partial charge in [-0.15, -0.1) is 11.3 Å². The molecule has 1 N–H and O–H groups in total. The zero-order chi connectivity index (χ0) is 16.1. The molecular formula is C16H23N5OS. The molecule has 2 aromatic rings. The van der Waals surface area contributed by atoms with E-state index in [4.69, 9.17) is 0 Å². The fraction of sp³-hybridized carbons (Fsp3) is 0.500. The SMILES string of the molecule is CC(Cn1ccnc1)NC(=O)N1CCN(Cc2cccs2)CC1. The Morgan fingerprint density at radius 1 is 1.39 bits per heavy atom. The van der Waals surface area contributed by atoms with E-state index in [2.05, 4.69) is 32.7 Å². The van der Waals surface area contributed by atoms with Crippen LogP contribution < -0.4 is 5.32 Å². The Kier molecular flexibility index (Phi) is 5.30. The summed E-state index contributed by atoms with van der Waals surface area (Å²) >= 11 is 1.79. The largest absolute Gasteiger partial charge is 0.335 e. The fourth-order valence-corrected chi connectivity index (χ4v) is 3.54. The number of piperazine rings is 1. The van der Waals surface area contributed by atoms with Gasteiger partial charge in [0.05, 0.1) is 6.33 Å². The molecule has 7 heteroatoms. The molecule has 0 aliphatic carbocycles. The normalized spacial score (nSPS) is 17.2. The molecule has 6 nitrogen and oxygen atoms in total. The summed E-state index contributed by atoms with van der Waals surface area (Å²) in [5.41, 5.74) is 0. The minimum absolute atomic E-state index is 0.0355. The predicted octanol–water partition coefficient (Wildman–Crippen LogP) is 1.86. The van der Waals surface area contributed by atoms with Gasteiger partial charge in [0.1, 0.15) is 0 Å². The molecule has 1 saturated heterocycles. The van der Waals surface area contributed by atoms with Crippen LogP contribution in [0.25, 0.3) is 0 Å². The minimum atomic E-state index is 0.0355. The molecule has 0 bridgehead atoms.